The SMILES string of the molecule is C[C@H](NC(=O)CC1CCN(C)CC1)c1ccc(N2CCCC2)cc1. The van der Waals surface area contributed by atoms with Gasteiger partial charge in [0.1, 0.15) is 0 Å². The molecule has 0 spiro atoms. The molecule has 0 bridgehead atoms. The zero-order valence-electron chi connectivity index (χ0n) is 15.1. The van der Waals surface area contributed by atoms with E-state index in [1.54, 1.807) is 0 Å². The van der Waals surface area contributed by atoms with Gasteiger partial charge in [-0.3, -0.25) is 4.79 Å². The number of nitrogens with one attached hydrogen (secondary N) is 1. The van der Waals surface area contributed by atoms with Crippen LogP contribution in [-0.4, -0.2) is 44.0 Å². The van der Waals surface area contributed by atoms with E-state index in [4.69, 9.17) is 0 Å². The maximum atomic E-state index is 12.3. The van der Waals surface area contributed by atoms with E-state index in [1.807, 2.05) is 0 Å². The van der Waals surface area contributed by atoms with Crippen LogP contribution in [0.25, 0.3) is 0 Å². The molecule has 4 heteroatoms. The number of nitrogens with zero attached hydrogens (tertiary/aromatic N) is 2. The summed E-state index contributed by atoms with van der Waals surface area (Å²) in [6, 6.07) is 8.79. The topological polar surface area (TPSA) is 35.6 Å². The lowest BCUT2D eigenvalue weighted by atomic mass is 9.93. The van der Waals surface area contributed by atoms with Crippen LogP contribution in [-0.2, 0) is 4.79 Å². The summed E-state index contributed by atoms with van der Waals surface area (Å²) in [7, 11) is 2.16. The molecule has 3 rings (SSSR count). The number of carbonyl (C=O) groups is 1. The highest BCUT2D eigenvalue weighted by atomic mass is 16.1. The first-order chi connectivity index (χ1) is 11.6. The van der Waals surface area contributed by atoms with Gasteiger partial charge in [-0.15, -0.1) is 0 Å². The van der Waals surface area contributed by atoms with Crippen LogP contribution >= 0.6 is 0 Å². The molecular formula is C20H31N3O. The van der Waals surface area contributed by atoms with Crippen LogP contribution in [0.3, 0.4) is 0 Å². The quantitative estimate of drug-likeness (QED) is 0.901. The minimum Gasteiger partial charge on any atom is -0.372 e. The van der Waals surface area contributed by atoms with E-state index >= 15 is 0 Å². The fourth-order valence-corrected chi connectivity index (χ4v) is 3.86. The Morgan fingerprint density at radius 3 is 2.38 bits per heavy atom. The van der Waals surface area contributed by atoms with Crippen molar-refractivity contribution in [3.8, 4) is 0 Å². The number of hydrogen-bond acceptors (Lipinski definition) is 3. The first-order valence-corrected chi connectivity index (χ1v) is 9.44. The van der Waals surface area contributed by atoms with Gasteiger partial charge in [-0.1, -0.05) is 12.1 Å². The predicted molar refractivity (Wildman–Crippen MR) is 99.3 cm³/mol. The molecule has 2 fully saturated rings. The molecule has 1 atom stereocenters. The largest absolute Gasteiger partial charge is 0.372 e. The zero-order chi connectivity index (χ0) is 16.9. The second kappa shape index (κ2) is 8.02. The lowest BCUT2D eigenvalue weighted by molar-refractivity contribution is -0.123. The van der Waals surface area contributed by atoms with E-state index in [2.05, 4.69) is 53.4 Å². The Balaban J connectivity index is 1.48. The van der Waals surface area contributed by atoms with E-state index < -0.39 is 0 Å². The third-order valence-electron chi connectivity index (χ3n) is 5.55. The van der Waals surface area contributed by atoms with Gasteiger partial charge in [-0.2, -0.15) is 0 Å². The van der Waals surface area contributed by atoms with Crippen molar-refractivity contribution >= 4 is 11.6 Å². The predicted octanol–water partition coefficient (Wildman–Crippen LogP) is 3.20. The zero-order valence-corrected chi connectivity index (χ0v) is 15.1. The molecule has 2 aliphatic rings. The van der Waals surface area contributed by atoms with Gasteiger partial charge in [0.05, 0.1) is 6.04 Å². The van der Waals surface area contributed by atoms with E-state index in [0.29, 0.717) is 12.3 Å². The lowest BCUT2D eigenvalue weighted by Gasteiger charge is -2.28. The summed E-state index contributed by atoms with van der Waals surface area (Å²) in [6.07, 6.45) is 5.55. The summed E-state index contributed by atoms with van der Waals surface area (Å²) in [5.41, 5.74) is 2.50. The van der Waals surface area contributed by atoms with Crippen molar-refractivity contribution in [2.45, 2.75) is 45.1 Å². The molecule has 2 heterocycles. The summed E-state index contributed by atoms with van der Waals surface area (Å²) >= 11 is 0. The molecule has 1 amide bonds. The summed E-state index contributed by atoms with van der Waals surface area (Å²) in [5.74, 6) is 0.742. The van der Waals surface area contributed by atoms with Crippen LogP contribution in [0.1, 0.15) is 50.6 Å². The molecule has 24 heavy (non-hydrogen) atoms. The van der Waals surface area contributed by atoms with Crippen molar-refractivity contribution in [3.63, 3.8) is 0 Å². The molecule has 132 valence electrons. The smallest absolute Gasteiger partial charge is 0.220 e. The molecule has 2 saturated heterocycles. The Labute approximate surface area is 146 Å². The molecule has 0 aliphatic carbocycles. The Morgan fingerprint density at radius 2 is 1.75 bits per heavy atom. The fraction of sp³-hybridized carbons (Fsp3) is 0.650. The van der Waals surface area contributed by atoms with Crippen LogP contribution in [0.15, 0.2) is 24.3 Å². The number of hydrogen-bond donors (Lipinski definition) is 1. The van der Waals surface area contributed by atoms with Crippen molar-refractivity contribution in [2.24, 2.45) is 5.92 Å². The minimum absolute atomic E-state index is 0.0800. The summed E-state index contributed by atoms with van der Waals surface area (Å²) in [6.45, 7) is 6.65. The molecule has 4 nitrogen and oxygen atoms in total. The lowest BCUT2D eigenvalue weighted by Crippen LogP contribution is -2.34. The van der Waals surface area contributed by atoms with Crippen LogP contribution in [0.5, 0.6) is 0 Å². The molecule has 0 radical (unpaired) electrons. The Hall–Kier alpha value is -1.55. The van der Waals surface area contributed by atoms with Crippen molar-refractivity contribution in [3.05, 3.63) is 29.8 Å². The monoisotopic (exact) mass is 329 g/mol. The molecule has 1 N–H and O–H groups in total. The highest BCUT2D eigenvalue weighted by Gasteiger charge is 2.20. The Bertz CT molecular complexity index is 528. The number of likely N-dealkylation sites (tertiary alicyclic amines) is 1. The van der Waals surface area contributed by atoms with Gasteiger partial charge in [0.25, 0.3) is 0 Å². The van der Waals surface area contributed by atoms with E-state index in [1.165, 1.54) is 37.2 Å². The second-order valence-corrected chi connectivity index (χ2v) is 7.53. The third kappa shape index (κ3) is 4.50. The van der Waals surface area contributed by atoms with E-state index in [0.717, 1.165) is 25.9 Å². The molecule has 0 aromatic heterocycles. The van der Waals surface area contributed by atoms with Crippen LogP contribution in [0.4, 0.5) is 5.69 Å². The van der Waals surface area contributed by atoms with Gasteiger partial charge >= 0.3 is 0 Å². The molecular weight excluding hydrogens is 298 g/mol. The minimum atomic E-state index is 0.0800. The van der Waals surface area contributed by atoms with Crippen LogP contribution in [0.2, 0.25) is 0 Å². The fourth-order valence-electron chi connectivity index (χ4n) is 3.86. The molecule has 0 unspecified atom stereocenters. The second-order valence-electron chi connectivity index (χ2n) is 7.53. The average molecular weight is 329 g/mol. The van der Waals surface area contributed by atoms with E-state index in [9.17, 15) is 4.79 Å². The first-order valence-electron chi connectivity index (χ1n) is 9.44. The third-order valence-corrected chi connectivity index (χ3v) is 5.55. The van der Waals surface area contributed by atoms with Gasteiger partial charge in [0.15, 0.2) is 0 Å². The van der Waals surface area contributed by atoms with Crippen molar-refractivity contribution in [2.75, 3.05) is 38.1 Å². The average Bonchev–Trinajstić information content (AvgIpc) is 3.11. The van der Waals surface area contributed by atoms with E-state index in [-0.39, 0.29) is 11.9 Å². The number of carbonyl (C=O) groups excluding carboxylic acids is 1. The maximum absolute atomic E-state index is 12.3. The first kappa shape index (κ1) is 17.3. The standard InChI is InChI=1S/C20H31N3O/c1-16(21-20(24)15-17-9-13-22(2)14-10-17)18-5-7-19(8-6-18)23-11-3-4-12-23/h5-8,16-17H,3-4,9-15H2,1-2H3,(H,21,24)/t16-/m0/s1. The number of benzene rings is 1. The normalized spacial score (nSPS) is 21.0. The Morgan fingerprint density at radius 1 is 1.12 bits per heavy atom. The molecule has 2 aliphatic heterocycles. The number of rotatable bonds is 5. The van der Waals surface area contributed by atoms with Gasteiger partial charge in [-0.25, -0.2) is 0 Å². The number of amides is 1. The van der Waals surface area contributed by atoms with Crippen molar-refractivity contribution < 1.29 is 4.79 Å². The molecule has 1 aromatic carbocycles. The summed E-state index contributed by atoms with van der Waals surface area (Å²) < 4.78 is 0. The highest BCUT2D eigenvalue weighted by molar-refractivity contribution is 5.76. The van der Waals surface area contributed by atoms with Gasteiger partial charge in [0, 0.05) is 25.2 Å². The van der Waals surface area contributed by atoms with Crippen LogP contribution < -0.4 is 10.2 Å². The van der Waals surface area contributed by atoms with Crippen molar-refractivity contribution in [1.82, 2.24) is 10.2 Å². The summed E-state index contributed by atoms with van der Waals surface area (Å²) in [4.78, 5) is 17.1. The summed E-state index contributed by atoms with van der Waals surface area (Å²) in [5, 5.41) is 3.18. The molecule has 0 saturated carbocycles. The Kier molecular flexibility index (Phi) is 5.77. The van der Waals surface area contributed by atoms with Gasteiger partial charge in [-0.05, 0) is 76.4 Å². The van der Waals surface area contributed by atoms with Crippen LogP contribution in [0, 0.1) is 5.92 Å². The highest BCUT2D eigenvalue weighted by Crippen LogP contribution is 2.23. The van der Waals surface area contributed by atoms with Gasteiger partial charge in [0.2, 0.25) is 5.91 Å². The van der Waals surface area contributed by atoms with Gasteiger partial charge < -0.3 is 15.1 Å². The van der Waals surface area contributed by atoms with Crippen molar-refractivity contribution in [1.29, 1.82) is 0 Å². The number of anilines is 1. The number of piperidine rings is 1. The maximum Gasteiger partial charge on any atom is 0.220 e. The molecule has 1 aromatic rings.